The van der Waals surface area contributed by atoms with Gasteiger partial charge in [0.05, 0.1) is 6.26 Å². The Kier molecular flexibility index (Phi) is 3.95. The highest BCUT2D eigenvalue weighted by Crippen LogP contribution is 2.30. The Morgan fingerprint density at radius 3 is 3.13 bits per heavy atom. The van der Waals surface area contributed by atoms with Crippen LogP contribution in [0.3, 0.4) is 0 Å². The number of aromatic nitrogens is 1. The van der Waals surface area contributed by atoms with E-state index in [0.29, 0.717) is 11.7 Å². The highest BCUT2D eigenvalue weighted by atomic mass is 32.1. The Balaban J connectivity index is 1.49. The van der Waals surface area contributed by atoms with Gasteiger partial charge in [0.15, 0.2) is 10.8 Å². The van der Waals surface area contributed by atoms with Gasteiger partial charge in [-0.05, 0) is 44.9 Å². The van der Waals surface area contributed by atoms with Crippen molar-refractivity contribution in [1.82, 2.24) is 15.2 Å². The van der Waals surface area contributed by atoms with Crippen LogP contribution in [0.25, 0.3) is 10.8 Å². The van der Waals surface area contributed by atoms with Gasteiger partial charge < -0.3 is 9.73 Å². The highest BCUT2D eigenvalue weighted by molar-refractivity contribution is 7.15. The summed E-state index contributed by atoms with van der Waals surface area (Å²) in [5.41, 5.74) is 0.538. The molecule has 0 spiro atoms. The summed E-state index contributed by atoms with van der Waals surface area (Å²) >= 11 is 1.50. The molecule has 0 radical (unpaired) electrons. The van der Waals surface area contributed by atoms with E-state index in [1.54, 1.807) is 6.26 Å². The molecule has 0 aliphatic carbocycles. The van der Waals surface area contributed by atoms with Crippen LogP contribution in [0, 0.1) is 6.92 Å². The van der Waals surface area contributed by atoms with E-state index >= 15 is 0 Å². The van der Waals surface area contributed by atoms with Gasteiger partial charge >= 0.3 is 0 Å². The van der Waals surface area contributed by atoms with Crippen LogP contribution in [0.1, 0.15) is 41.0 Å². The third-order valence-corrected chi connectivity index (χ3v) is 5.90. The fourth-order valence-electron chi connectivity index (χ4n) is 3.77. The summed E-state index contributed by atoms with van der Waals surface area (Å²) in [6, 6.07) is 4.48. The summed E-state index contributed by atoms with van der Waals surface area (Å²) in [4.78, 5) is 20.6. The molecule has 0 saturated carbocycles. The monoisotopic (exact) mass is 331 g/mol. The van der Waals surface area contributed by atoms with E-state index in [4.69, 9.17) is 4.42 Å². The number of thiazole rings is 1. The van der Waals surface area contributed by atoms with Gasteiger partial charge in [-0.3, -0.25) is 9.69 Å². The van der Waals surface area contributed by atoms with Crippen molar-refractivity contribution < 1.29 is 9.21 Å². The second kappa shape index (κ2) is 6.09. The number of fused-ring (bicyclic) bond motifs is 1. The fourth-order valence-corrected chi connectivity index (χ4v) is 4.64. The fraction of sp³-hybridized carbons (Fsp3) is 0.529. The number of carbonyl (C=O) groups excluding carboxylic acids is 1. The van der Waals surface area contributed by atoms with Crippen molar-refractivity contribution in [2.75, 3.05) is 13.1 Å². The Labute approximate surface area is 139 Å². The maximum absolute atomic E-state index is 12.7. The lowest BCUT2D eigenvalue weighted by molar-refractivity contribution is 0.0910. The van der Waals surface area contributed by atoms with Crippen molar-refractivity contribution in [3.63, 3.8) is 0 Å². The molecule has 23 heavy (non-hydrogen) atoms. The molecule has 1 amide bonds. The maximum atomic E-state index is 12.7. The molecule has 0 bridgehead atoms. The molecule has 2 aromatic rings. The molecule has 2 fully saturated rings. The second-order valence-corrected chi connectivity index (χ2v) is 7.57. The summed E-state index contributed by atoms with van der Waals surface area (Å²) in [5, 5.41) is 3.99. The number of rotatable bonds is 3. The largest absolute Gasteiger partial charge is 0.462 e. The lowest BCUT2D eigenvalue weighted by Crippen LogP contribution is -2.46. The number of furan rings is 1. The van der Waals surface area contributed by atoms with Crippen molar-refractivity contribution in [1.29, 1.82) is 0 Å². The Hall–Kier alpha value is -1.66. The lowest BCUT2D eigenvalue weighted by Gasteiger charge is -2.32. The molecule has 2 aliphatic rings. The van der Waals surface area contributed by atoms with Gasteiger partial charge in [-0.15, -0.1) is 11.3 Å². The smallest absolute Gasteiger partial charge is 0.271 e. The van der Waals surface area contributed by atoms with Crippen molar-refractivity contribution in [3.05, 3.63) is 29.0 Å². The van der Waals surface area contributed by atoms with Crippen molar-refractivity contribution in [2.24, 2.45) is 0 Å². The molecule has 0 unspecified atom stereocenters. The molecule has 2 aliphatic heterocycles. The minimum Gasteiger partial charge on any atom is -0.462 e. The topological polar surface area (TPSA) is 58.4 Å². The van der Waals surface area contributed by atoms with Crippen LogP contribution in [0.15, 0.2) is 22.8 Å². The SMILES string of the molecule is Cc1sc(-c2ccco2)nc1C(=O)N[C@H]1CCN2CCCC[C@@H]12. The zero-order chi connectivity index (χ0) is 15.8. The van der Waals surface area contributed by atoms with E-state index in [-0.39, 0.29) is 11.9 Å². The first-order chi connectivity index (χ1) is 11.2. The van der Waals surface area contributed by atoms with Crippen LogP contribution in [0.4, 0.5) is 0 Å². The number of hydrogen-bond donors (Lipinski definition) is 1. The average molecular weight is 331 g/mol. The van der Waals surface area contributed by atoms with Gasteiger partial charge in [0.25, 0.3) is 5.91 Å². The highest BCUT2D eigenvalue weighted by Gasteiger charge is 2.36. The zero-order valence-corrected chi connectivity index (χ0v) is 14.1. The number of hydrogen-bond acceptors (Lipinski definition) is 5. The summed E-state index contributed by atoms with van der Waals surface area (Å²) in [6.07, 6.45) is 6.42. The molecular formula is C17H21N3O2S. The van der Waals surface area contributed by atoms with E-state index < -0.39 is 0 Å². The first-order valence-corrected chi connectivity index (χ1v) is 9.10. The lowest BCUT2D eigenvalue weighted by atomic mass is 9.99. The third kappa shape index (κ3) is 2.81. The second-order valence-electron chi connectivity index (χ2n) is 6.37. The van der Waals surface area contributed by atoms with Gasteiger partial charge in [-0.2, -0.15) is 0 Å². The quantitative estimate of drug-likeness (QED) is 0.939. The van der Waals surface area contributed by atoms with Gasteiger partial charge in [-0.25, -0.2) is 4.98 Å². The summed E-state index contributed by atoms with van der Waals surface area (Å²) in [5.74, 6) is 0.672. The van der Waals surface area contributed by atoms with Crippen LogP contribution in [-0.4, -0.2) is 41.0 Å². The molecule has 2 atom stereocenters. The molecule has 4 rings (SSSR count). The van der Waals surface area contributed by atoms with Crippen LogP contribution >= 0.6 is 11.3 Å². The number of nitrogens with one attached hydrogen (secondary N) is 1. The molecule has 5 nitrogen and oxygen atoms in total. The molecular weight excluding hydrogens is 310 g/mol. The number of piperidine rings is 1. The van der Waals surface area contributed by atoms with Gasteiger partial charge in [0, 0.05) is 23.5 Å². The molecule has 4 heterocycles. The van der Waals surface area contributed by atoms with E-state index in [9.17, 15) is 4.79 Å². The number of nitrogens with zero attached hydrogens (tertiary/aromatic N) is 2. The first kappa shape index (κ1) is 14.9. The molecule has 6 heteroatoms. The average Bonchev–Trinajstić information content (AvgIpc) is 3.27. The predicted octanol–water partition coefficient (Wildman–Crippen LogP) is 3.07. The number of amides is 1. The minimum absolute atomic E-state index is 0.0472. The van der Waals surface area contributed by atoms with E-state index in [2.05, 4.69) is 15.2 Å². The Morgan fingerprint density at radius 1 is 1.39 bits per heavy atom. The van der Waals surface area contributed by atoms with Gasteiger partial charge in [0.2, 0.25) is 0 Å². The maximum Gasteiger partial charge on any atom is 0.271 e. The summed E-state index contributed by atoms with van der Waals surface area (Å²) < 4.78 is 5.38. The molecule has 122 valence electrons. The van der Waals surface area contributed by atoms with Gasteiger partial charge in [-0.1, -0.05) is 6.42 Å². The summed E-state index contributed by atoms with van der Waals surface area (Å²) in [6.45, 7) is 4.22. The van der Waals surface area contributed by atoms with Crippen LogP contribution in [-0.2, 0) is 0 Å². The third-order valence-electron chi connectivity index (χ3n) is 4.92. The van der Waals surface area contributed by atoms with Crippen LogP contribution < -0.4 is 5.32 Å². The molecule has 1 N–H and O–H groups in total. The number of aryl methyl sites for hydroxylation is 1. The Bertz CT molecular complexity index is 695. The normalized spacial score (nSPS) is 24.6. The predicted molar refractivity (Wildman–Crippen MR) is 89.6 cm³/mol. The molecule has 0 aromatic carbocycles. The van der Waals surface area contributed by atoms with E-state index in [0.717, 1.165) is 28.6 Å². The van der Waals surface area contributed by atoms with Crippen LogP contribution in [0.5, 0.6) is 0 Å². The minimum atomic E-state index is -0.0472. The van der Waals surface area contributed by atoms with E-state index in [1.807, 2.05) is 19.1 Å². The van der Waals surface area contributed by atoms with E-state index in [1.165, 1.54) is 37.1 Å². The van der Waals surface area contributed by atoms with Crippen molar-refractivity contribution in [2.45, 2.75) is 44.7 Å². The first-order valence-electron chi connectivity index (χ1n) is 8.28. The van der Waals surface area contributed by atoms with Crippen molar-refractivity contribution >= 4 is 17.2 Å². The summed E-state index contributed by atoms with van der Waals surface area (Å²) in [7, 11) is 0. The Morgan fingerprint density at radius 2 is 2.30 bits per heavy atom. The van der Waals surface area contributed by atoms with Crippen molar-refractivity contribution in [3.8, 4) is 10.8 Å². The standard InChI is InChI=1S/C17H21N3O2S/c1-11-15(19-17(23-11)14-6-4-10-22-14)16(21)18-12-7-9-20-8-3-2-5-13(12)20/h4,6,10,12-13H,2-3,5,7-9H2,1H3,(H,18,21)/t12-,13-/m0/s1. The van der Waals surface area contributed by atoms with Gasteiger partial charge in [0.1, 0.15) is 5.69 Å². The molecule has 2 aromatic heterocycles. The van der Waals surface area contributed by atoms with Crippen LogP contribution in [0.2, 0.25) is 0 Å². The zero-order valence-electron chi connectivity index (χ0n) is 13.2. The number of carbonyl (C=O) groups is 1. The molecule has 2 saturated heterocycles.